The quantitative estimate of drug-likeness (QED) is 0.772. The number of benzene rings is 2. The zero-order valence-corrected chi connectivity index (χ0v) is 14.9. The number of nitrogens with zero attached hydrogens (tertiary/aromatic N) is 1. The topological polar surface area (TPSA) is 98.7 Å². The number of carbonyl (C=O) groups is 3. The van der Waals surface area contributed by atoms with Crippen molar-refractivity contribution in [2.45, 2.75) is 25.8 Å². The lowest BCUT2D eigenvalue weighted by Crippen LogP contribution is -2.40. The van der Waals surface area contributed by atoms with Crippen LogP contribution in [0.1, 0.15) is 28.8 Å². The molecule has 1 atom stereocenters. The Morgan fingerprint density at radius 3 is 2.52 bits per heavy atom. The van der Waals surface area contributed by atoms with Gasteiger partial charge in [-0.3, -0.25) is 4.79 Å². The summed E-state index contributed by atoms with van der Waals surface area (Å²) in [7, 11) is 0. The maximum Gasteiger partial charge on any atom is 0.326 e. The van der Waals surface area contributed by atoms with Crippen molar-refractivity contribution in [3.05, 3.63) is 59.7 Å². The van der Waals surface area contributed by atoms with Crippen LogP contribution in [0.2, 0.25) is 0 Å². The van der Waals surface area contributed by atoms with E-state index in [1.807, 2.05) is 25.1 Å². The SMILES string of the molecule is Cc1ccc(C(=O)N2CCC[C@H]2C(=O)O)cc1NC(=O)Nc1ccccc1. The number of likely N-dealkylation sites (tertiary alicyclic amines) is 1. The van der Waals surface area contributed by atoms with Gasteiger partial charge >= 0.3 is 12.0 Å². The van der Waals surface area contributed by atoms with Crippen molar-refractivity contribution in [1.82, 2.24) is 4.90 Å². The lowest BCUT2D eigenvalue weighted by molar-refractivity contribution is -0.141. The van der Waals surface area contributed by atoms with Crippen LogP contribution in [0.25, 0.3) is 0 Å². The Labute approximate surface area is 157 Å². The van der Waals surface area contributed by atoms with Gasteiger partial charge < -0.3 is 20.6 Å². The van der Waals surface area contributed by atoms with E-state index < -0.39 is 18.0 Å². The third kappa shape index (κ3) is 4.25. The van der Waals surface area contributed by atoms with E-state index in [9.17, 15) is 19.5 Å². The molecule has 0 radical (unpaired) electrons. The highest BCUT2D eigenvalue weighted by Gasteiger charge is 2.34. The van der Waals surface area contributed by atoms with Crippen molar-refractivity contribution in [1.29, 1.82) is 0 Å². The molecule has 2 aromatic rings. The minimum Gasteiger partial charge on any atom is -0.480 e. The predicted octanol–water partition coefficient (Wildman–Crippen LogP) is 3.33. The van der Waals surface area contributed by atoms with Gasteiger partial charge in [0.25, 0.3) is 5.91 Å². The number of amides is 3. The molecule has 7 nitrogen and oxygen atoms in total. The number of carboxylic acid groups (broad SMARTS) is 1. The summed E-state index contributed by atoms with van der Waals surface area (Å²) in [6, 6.07) is 12.8. The molecule has 3 amide bonds. The van der Waals surface area contributed by atoms with E-state index in [0.717, 1.165) is 5.56 Å². The molecule has 0 spiro atoms. The van der Waals surface area contributed by atoms with Gasteiger partial charge in [0, 0.05) is 23.5 Å². The normalized spacial score (nSPS) is 16.0. The fraction of sp³-hybridized carbons (Fsp3) is 0.250. The highest BCUT2D eigenvalue weighted by molar-refractivity contribution is 6.02. The van der Waals surface area contributed by atoms with Gasteiger partial charge in [-0.1, -0.05) is 24.3 Å². The maximum absolute atomic E-state index is 12.7. The van der Waals surface area contributed by atoms with Gasteiger partial charge in [-0.05, 0) is 49.6 Å². The Balaban J connectivity index is 1.75. The monoisotopic (exact) mass is 367 g/mol. The first-order valence-electron chi connectivity index (χ1n) is 8.73. The highest BCUT2D eigenvalue weighted by Crippen LogP contribution is 2.23. The summed E-state index contributed by atoms with van der Waals surface area (Å²) in [4.78, 5) is 37.7. The number of anilines is 2. The van der Waals surface area contributed by atoms with Crippen molar-refractivity contribution in [3.63, 3.8) is 0 Å². The molecule has 27 heavy (non-hydrogen) atoms. The Morgan fingerprint density at radius 2 is 1.81 bits per heavy atom. The molecule has 140 valence electrons. The molecular weight excluding hydrogens is 346 g/mol. The second-order valence-corrected chi connectivity index (χ2v) is 6.47. The van der Waals surface area contributed by atoms with Crippen LogP contribution in [0.3, 0.4) is 0 Å². The van der Waals surface area contributed by atoms with Gasteiger partial charge in [-0.2, -0.15) is 0 Å². The van der Waals surface area contributed by atoms with Gasteiger partial charge in [0.1, 0.15) is 6.04 Å². The van der Waals surface area contributed by atoms with Gasteiger partial charge in [0.05, 0.1) is 0 Å². The third-order valence-electron chi connectivity index (χ3n) is 4.56. The first kappa shape index (κ1) is 18.4. The van der Waals surface area contributed by atoms with Crippen molar-refractivity contribution < 1.29 is 19.5 Å². The molecule has 2 aromatic carbocycles. The molecule has 0 saturated carbocycles. The number of aliphatic carboxylic acids is 1. The summed E-state index contributed by atoms with van der Waals surface area (Å²) in [6.07, 6.45) is 1.12. The zero-order valence-electron chi connectivity index (χ0n) is 14.9. The van der Waals surface area contributed by atoms with Crippen LogP contribution in [0, 0.1) is 6.92 Å². The van der Waals surface area contributed by atoms with Crippen molar-refractivity contribution in [2.75, 3.05) is 17.2 Å². The van der Waals surface area contributed by atoms with Crippen molar-refractivity contribution in [3.8, 4) is 0 Å². The van der Waals surface area contributed by atoms with Crippen molar-refractivity contribution >= 4 is 29.3 Å². The van der Waals surface area contributed by atoms with Crippen LogP contribution in [0.15, 0.2) is 48.5 Å². The first-order valence-corrected chi connectivity index (χ1v) is 8.73. The minimum atomic E-state index is -0.992. The molecule has 0 aromatic heterocycles. The largest absolute Gasteiger partial charge is 0.480 e. The van der Waals surface area contributed by atoms with E-state index >= 15 is 0 Å². The number of carboxylic acids is 1. The van der Waals surface area contributed by atoms with Crippen LogP contribution >= 0.6 is 0 Å². The molecule has 1 saturated heterocycles. The number of aryl methyl sites for hydroxylation is 1. The summed E-state index contributed by atoms with van der Waals surface area (Å²) in [6.45, 7) is 2.24. The number of hydrogen-bond acceptors (Lipinski definition) is 3. The predicted molar refractivity (Wildman–Crippen MR) is 102 cm³/mol. The summed E-state index contributed by atoms with van der Waals surface area (Å²) in [5.41, 5.74) is 2.30. The van der Waals surface area contributed by atoms with Crippen LogP contribution in [0.5, 0.6) is 0 Å². The summed E-state index contributed by atoms with van der Waals surface area (Å²) in [5.74, 6) is -1.33. The van der Waals surface area contributed by atoms with E-state index in [1.54, 1.807) is 30.3 Å². The summed E-state index contributed by atoms with van der Waals surface area (Å²) < 4.78 is 0. The Bertz CT molecular complexity index is 867. The molecule has 7 heteroatoms. The maximum atomic E-state index is 12.7. The number of rotatable bonds is 4. The Hall–Kier alpha value is -3.35. The number of nitrogens with one attached hydrogen (secondary N) is 2. The van der Waals surface area contributed by atoms with Gasteiger partial charge in [0.15, 0.2) is 0 Å². The van der Waals surface area contributed by atoms with Gasteiger partial charge in [0.2, 0.25) is 0 Å². The average molecular weight is 367 g/mol. The second-order valence-electron chi connectivity index (χ2n) is 6.47. The average Bonchev–Trinajstić information content (AvgIpc) is 3.14. The number of urea groups is 1. The minimum absolute atomic E-state index is 0.341. The standard InChI is InChI=1S/C20H21N3O4/c1-13-9-10-14(18(24)23-11-5-8-17(23)19(25)26)12-16(13)22-20(27)21-15-6-3-2-4-7-15/h2-4,6-7,9-10,12,17H,5,8,11H2,1H3,(H,25,26)(H2,21,22,27)/t17-/m0/s1. The Morgan fingerprint density at radius 1 is 1.07 bits per heavy atom. The number of carbonyl (C=O) groups excluding carboxylic acids is 2. The fourth-order valence-corrected chi connectivity index (χ4v) is 3.13. The second kappa shape index (κ2) is 7.90. The first-order chi connectivity index (χ1) is 13.0. The van der Waals surface area contributed by atoms with E-state index in [2.05, 4.69) is 10.6 Å². The molecule has 3 N–H and O–H groups in total. The molecule has 1 aliphatic heterocycles. The van der Waals surface area contributed by atoms with E-state index in [1.165, 1.54) is 4.90 Å². The number of hydrogen-bond donors (Lipinski definition) is 3. The summed E-state index contributed by atoms with van der Waals surface area (Å²) in [5, 5.41) is 14.7. The lowest BCUT2D eigenvalue weighted by atomic mass is 10.1. The molecular formula is C20H21N3O4. The fourth-order valence-electron chi connectivity index (χ4n) is 3.13. The zero-order chi connectivity index (χ0) is 19.4. The molecule has 1 fully saturated rings. The van der Waals surface area contributed by atoms with Crippen LogP contribution in [-0.2, 0) is 4.79 Å². The molecule has 1 heterocycles. The Kier molecular flexibility index (Phi) is 5.40. The van der Waals surface area contributed by atoms with E-state index in [-0.39, 0.29) is 5.91 Å². The van der Waals surface area contributed by atoms with E-state index in [0.29, 0.717) is 36.3 Å². The van der Waals surface area contributed by atoms with Gasteiger partial charge in [-0.25, -0.2) is 9.59 Å². The van der Waals surface area contributed by atoms with Crippen molar-refractivity contribution in [2.24, 2.45) is 0 Å². The lowest BCUT2D eigenvalue weighted by Gasteiger charge is -2.22. The molecule has 3 rings (SSSR count). The number of para-hydroxylation sites is 1. The molecule has 0 bridgehead atoms. The smallest absolute Gasteiger partial charge is 0.326 e. The molecule has 1 aliphatic rings. The van der Waals surface area contributed by atoms with Gasteiger partial charge in [-0.15, -0.1) is 0 Å². The molecule has 0 aliphatic carbocycles. The van der Waals surface area contributed by atoms with E-state index in [4.69, 9.17) is 0 Å². The summed E-state index contributed by atoms with van der Waals surface area (Å²) >= 11 is 0. The van der Waals surface area contributed by atoms with Crippen LogP contribution in [0.4, 0.5) is 16.2 Å². The third-order valence-corrected chi connectivity index (χ3v) is 4.56. The van der Waals surface area contributed by atoms with Crippen LogP contribution in [-0.4, -0.2) is 40.5 Å². The highest BCUT2D eigenvalue weighted by atomic mass is 16.4. The molecule has 0 unspecified atom stereocenters. The van der Waals surface area contributed by atoms with Crippen LogP contribution < -0.4 is 10.6 Å².